The largest absolute Gasteiger partial charge is 0.256 e. The number of benzene rings is 3. The lowest BCUT2D eigenvalue weighted by Gasteiger charge is -2.26. The molecule has 0 N–H and O–H groups in total. The molecule has 0 radical (unpaired) electrons. The highest BCUT2D eigenvalue weighted by molar-refractivity contribution is 5.95. The fourth-order valence-electron chi connectivity index (χ4n) is 3.44. The van der Waals surface area contributed by atoms with E-state index in [0.717, 1.165) is 5.69 Å². The number of nitrogens with zero attached hydrogens (tertiary/aromatic N) is 1. The molecule has 0 aliphatic carbocycles. The molecule has 0 fully saturated rings. The molecule has 0 aliphatic rings. The molecular weight excluding hydrogens is 302 g/mol. The number of hydrogen-bond donors (Lipinski definition) is 0. The summed E-state index contributed by atoms with van der Waals surface area (Å²) in [5.41, 5.74) is 4.73. The van der Waals surface area contributed by atoms with Gasteiger partial charge in [0.1, 0.15) is 0 Å². The molecule has 0 amide bonds. The maximum absolute atomic E-state index is 4.67. The average Bonchev–Trinajstić information content (AvgIpc) is 2.68. The standard InChI is InChI=1S/C24H21N/c1-24(2,19-11-4-3-5-12-19)20-15-16-25-23(17-20)22-14-8-10-18-9-6-7-13-21(18)22/h3-17H,1-2H3. The van der Waals surface area contributed by atoms with Crippen LogP contribution in [-0.2, 0) is 5.41 Å². The second-order valence-corrected chi connectivity index (χ2v) is 6.95. The zero-order chi connectivity index (χ0) is 17.3. The van der Waals surface area contributed by atoms with Crippen LogP contribution >= 0.6 is 0 Å². The summed E-state index contributed by atoms with van der Waals surface area (Å²) in [6.07, 6.45) is 1.93. The van der Waals surface area contributed by atoms with Gasteiger partial charge < -0.3 is 0 Å². The molecule has 4 aromatic rings. The number of fused-ring (bicyclic) bond motifs is 1. The first-order valence-electron chi connectivity index (χ1n) is 8.66. The van der Waals surface area contributed by atoms with Gasteiger partial charge in [-0.3, -0.25) is 4.98 Å². The van der Waals surface area contributed by atoms with Crippen molar-refractivity contribution in [1.29, 1.82) is 0 Å². The highest BCUT2D eigenvalue weighted by Crippen LogP contribution is 2.34. The Balaban J connectivity index is 1.85. The number of aromatic nitrogens is 1. The van der Waals surface area contributed by atoms with Crippen LogP contribution in [0.25, 0.3) is 22.0 Å². The van der Waals surface area contributed by atoms with E-state index in [1.807, 2.05) is 6.20 Å². The van der Waals surface area contributed by atoms with Gasteiger partial charge in [0.2, 0.25) is 0 Å². The van der Waals surface area contributed by atoms with E-state index in [2.05, 4.69) is 104 Å². The van der Waals surface area contributed by atoms with Crippen molar-refractivity contribution in [3.8, 4) is 11.3 Å². The van der Waals surface area contributed by atoms with E-state index in [-0.39, 0.29) is 5.41 Å². The van der Waals surface area contributed by atoms with Crippen molar-refractivity contribution in [2.24, 2.45) is 0 Å². The van der Waals surface area contributed by atoms with E-state index >= 15 is 0 Å². The Labute approximate surface area is 149 Å². The summed E-state index contributed by atoms with van der Waals surface area (Å²) in [7, 11) is 0. The molecule has 0 aliphatic heterocycles. The number of pyridine rings is 1. The van der Waals surface area contributed by atoms with E-state index in [9.17, 15) is 0 Å². The van der Waals surface area contributed by atoms with Gasteiger partial charge in [0, 0.05) is 17.2 Å². The Bertz CT molecular complexity index is 1010. The Morgan fingerprint density at radius 2 is 1.40 bits per heavy atom. The predicted octanol–water partition coefficient (Wildman–Crippen LogP) is 6.23. The van der Waals surface area contributed by atoms with Gasteiger partial charge in [-0.1, -0.05) is 86.6 Å². The van der Waals surface area contributed by atoms with E-state index in [0.29, 0.717) is 0 Å². The van der Waals surface area contributed by atoms with Crippen molar-refractivity contribution in [2.45, 2.75) is 19.3 Å². The van der Waals surface area contributed by atoms with Crippen molar-refractivity contribution < 1.29 is 0 Å². The second-order valence-electron chi connectivity index (χ2n) is 6.95. The van der Waals surface area contributed by atoms with Gasteiger partial charge in [-0.2, -0.15) is 0 Å². The molecule has 25 heavy (non-hydrogen) atoms. The van der Waals surface area contributed by atoms with Crippen LogP contribution in [0.5, 0.6) is 0 Å². The molecule has 4 rings (SSSR count). The molecule has 1 aromatic heterocycles. The highest BCUT2D eigenvalue weighted by Gasteiger charge is 2.23. The second kappa shape index (κ2) is 6.18. The van der Waals surface area contributed by atoms with Gasteiger partial charge in [0.25, 0.3) is 0 Å². The molecule has 1 nitrogen and oxygen atoms in total. The molecule has 3 aromatic carbocycles. The molecule has 0 bridgehead atoms. The molecule has 1 heterocycles. The minimum absolute atomic E-state index is 0.0659. The van der Waals surface area contributed by atoms with Crippen molar-refractivity contribution in [1.82, 2.24) is 4.98 Å². The maximum Gasteiger partial charge on any atom is 0.0711 e. The molecule has 0 unspecified atom stereocenters. The van der Waals surface area contributed by atoms with Crippen LogP contribution in [0.4, 0.5) is 0 Å². The Kier molecular flexibility index (Phi) is 3.85. The quantitative estimate of drug-likeness (QED) is 0.435. The summed E-state index contributed by atoms with van der Waals surface area (Å²) in [6, 6.07) is 29.9. The third-order valence-corrected chi connectivity index (χ3v) is 5.04. The van der Waals surface area contributed by atoms with E-state index in [4.69, 9.17) is 0 Å². The van der Waals surface area contributed by atoms with E-state index in [1.54, 1.807) is 0 Å². The smallest absolute Gasteiger partial charge is 0.0711 e. The lowest BCUT2D eigenvalue weighted by Crippen LogP contribution is -2.18. The maximum atomic E-state index is 4.67. The number of hydrogen-bond acceptors (Lipinski definition) is 1. The van der Waals surface area contributed by atoms with Crippen LogP contribution in [0.3, 0.4) is 0 Å². The van der Waals surface area contributed by atoms with Crippen LogP contribution in [-0.4, -0.2) is 4.98 Å². The fourth-order valence-corrected chi connectivity index (χ4v) is 3.44. The van der Waals surface area contributed by atoms with Crippen molar-refractivity contribution in [3.63, 3.8) is 0 Å². The minimum Gasteiger partial charge on any atom is -0.256 e. The normalized spacial score (nSPS) is 11.6. The van der Waals surface area contributed by atoms with Crippen molar-refractivity contribution in [3.05, 3.63) is 102 Å². The molecule has 0 saturated carbocycles. The molecule has 0 atom stereocenters. The lowest BCUT2D eigenvalue weighted by atomic mass is 9.78. The highest BCUT2D eigenvalue weighted by atomic mass is 14.7. The van der Waals surface area contributed by atoms with Gasteiger partial charge in [0.15, 0.2) is 0 Å². The fraction of sp³-hybridized carbons (Fsp3) is 0.125. The van der Waals surface area contributed by atoms with Crippen LogP contribution in [0.15, 0.2) is 91.1 Å². The summed E-state index contributed by atoms with van der Waals surface area (Å²) in [5, 5.41) is 2.49. The third-order valence-electron chi connectivity index (χ3n) is 5.04. The zero-order valence-electron chi connectivity index (χ0n) is 14.6. The monoisotopic (exact) mass is 323 g/mol. The van der Waals surface area contributed by atoms with Gasteiger partial charge >= 0.3 is 0 Å². The van der Waals surface area contributed by atoms with Crippen LogP contribution in [0.1, 0.15) is 25.0 Å². The first-order valence-corrected chi connectivity index (χ1v) is 8.66. The molecular formula is C24H21N. The van der Waals surface area contributed by atoms with Crippen LogP contribution in [0.2, 0.25) is 0 Å². The van der Waals surface area contributed by atoms with Gasteiger partial charge in [-0.25, -0.2) is 0 Å². The van der Waals surface area contributed by atoms with Gasteiger partial charge in [0.05, 0.1) is 5.69 Å². The van der Waals surface area contributed by atoms with Gasteiger partial charge in [-0.15, -0.1) is 0 Å². The number of rotatable bonds is 3. The third kappa shape index (κ3) is 2.83. The Morgan fingerprint density at radius 3 is 2.24 bits per heavy atom. The SMILES string of the molecule is CC(C)(c1ccccc1)c1ccnc(-c2cccc3ccccc23)c1. The summed E-state index contributed by atoms with van der Waals surface area (Å²) in [6.45, 7) is 4.54. The molecule has 122 valence electrons. The molecule has 0 spiro atoms. The first kappa shape index (κ1) is 15.6. The molecule has 1 heteroatoms. The van der Waals surface area contributed by atoms with Gasteiger partial charge in [-0.05, 0) is 34.0 Å². The Morgan fingerprint density at radius 1 is 0.680 bits per heavy atom. The molecule has 0 saturated heterocycles. The first-order chi connectivity index (χ1) is 12.2. The van der Waals surface area contributed by atoms with Crippen molar-refractivity contribution in [2.75, 3.05) is 0 Å². The summed E-state index contributed by atoms with van der Waals surface area (Å²) in [4.78, 5) is 4.67. The predicted molar refractivity (Wildman–Crippen MR) is 106 cm³/mol. The van der Waals surface area contributed by atoms with Crippen molar-refractivity contribution >= 4 is 10.8 Å². The summed E-state index contributed by atoms with van der Waals surface area (Å²) < 4.78 is 0. The van der Waals surface area contributed by atoms with Crippen LogP contribution in [0, 0.1) is 0 Å². The average molecular weight is 323 g/mol. The topological polar surface area (TPSA) is 12.9 Å². The zero-order valence-corrected chi connectivity index (χ0v) is 14.6. The minimum atomic E-state index is -0.0659. The van der Waals surface area contributed by atoms with E-state index in [1.165, 1.54) is 27.5 Å². The summed E-state index contributed by atoms with van der Waals surface area (Å²) >= 11 is 0. The summed E-state index contributed by atoms with van der Waals surface area (Å²) in [5.74, 6) is 0. The Hall–Kier alpha value is -2.93. The lowest BCUT2D eigenvalue weighted by molar-refractivity contribution is 0.640. The van der Waals surface area contributed by atoms with E-state index < -0.39 is 0 Å². The van der Waals surface area contributed by atoms with Crippen LogP contribution < -0.4 is 0 Å².